The third-order valence-electron chi connectivity index (χ3n) is 4.94. The van der Waals surface area contributed by atoms with E-state index in [1.54, 1.807) is 0 Å². The van der Waals surface area contributed by atoms with Gasteiger partial charge in [-0.25, -0.2) is 0 Å². The van der Waals surface area contributed by atoms with Crippen LogP contribution in [0.4, 0.5) is 5.69 Å². The van der Waals surface area contributed by atoms with Gasteiger partial charge in [-0.2, -0.15) is 5.10 Å². The summed E-state index contributed by atoms with van der Waals surface area (Å²) < 4.78 is 6.78. The van der Waals surface area contributed by atoms with Crippen molar-refractivity contribution in [1.82, 2.24) is 20.3 Å². The van der Waals surface area contributed by atoms with Gasteiger partial charge in [-0.3, -0.25) is 19.6 Å². The molecule has 140 valence electrons. The number of amides is 1. The van der Waals surface area contributed by atoms with Crippen LogP contribution in [0, 0.1) is 21.4 Å². The number of aryl methyl sites for hydroxylation is 1. The smallest absolute Gasteiger partial charge is 0.306 e. The van der Waals surface area contributed by atoms with Crippen LogP contribution >= 0.6 is 0 Å². The van der Waals surface area contributed by atoms with Crippen molar-refractivity contribution in [3.63, 3.8) is 0 Å². The van der Waals surface area contributed by atoms with E-state index in [0.717, 1.165) is 30.6 Å². The largest absolute Gasteiger partial charge is 0.360 e. The number of nitrogens with zero attached hydrogens (tertiary/aromatic N) is 4. The first-order valence-electron chi connectivity index (χ1n) is 8.68. The molecule has 1 amide bonds. The van der Waals surface area contributed by atoms with Crippen molar-refractivity contribution in [2.75, 3.05) is 6.54 Å². The van der Waals surface area contributed by atoms with Crippen LogP contribution in [0.15, 0.2) is 16.9 Å². The molecule has 26 heavy (non-hydrogen) atoms. The predicted octanol–water partition coefficient (Wildman–Crippen LogP) is 2.36. The Morgan fingerprint density at radius 2 is 2.27 bits per heavy atom. The maximum absolute atomic E-state index is 12.5. The number of aromatic nitrogens is 3. The Morgan fingerprint density at radius 3 is 2.92 bits per heavy atom. The lowest BCUT2D eigenvalue weighted by Crippen LogP contribution is -2.31. The second kappa shape index (κ2) is 6.89. The van der Waals surface area contributed by atoms with Gasteiger partial charge in [0.2, 0.25) is 0 Å². The highest BCUT2D eigenvalue weighted by Crippen LogP contribution is 2.38. The minimum Gasteiger partial charge on any atom is -0.360 e. The molecule has 0 saturated carbocycles. The lowest BCUT2D eigenvalue weighted by Gasteiger charge is -2.33. The summed E-state index contributed by atoms with van der Waals surface area (Å²) in [5.41, 5.74) is 1.34. The molecule has 0 bridgehead atoms. The molecule has 0 fully saturated rings. The SMILES string of the molecule is CC(C)(C)C1CCc2onc(C(=O)NCCn3cc([N+](=O)[O-])cn3)c2C1. The van der Waals surface area contributed by atoms with Crippen molar-refractivity contribution in [1.29, 1.82) is 0 Å². The zero-order valence-corrected chi connectivity index (χ0v) is 15.2. The fourth-order valence-electron chi connectivity index (χ4n) is 3.26. The summed E-state index contributed by atoms with van der Waals surface area (Å²) >= 11 is 0. The third-order valence-corrected chi connectivity index (χ3v) is 4.94. The van der Waals surface area contributed by atoms with Crippen LogP contribution in [0.25, 0.3) is 0 Å². The van der Waals surface area contributed by atoms with Gasteiger partial charge in [0.1, 0.15) is 18.2 Å². The van der Waals surface area contributed by atoms with E-state index < -0.39 is 4.92 Å². The van der Waals surface area contributed by atoms with E-state index in [2.05, 4.69) is 36.3 Å². The second-order valence-electron chi connectivity index (χ2n) is 7.71. The van der Waals surface area contributed by atoms with Crippen molar-refractivity contribution in [3.8, 4) is 0 Å². The topological polar surface area (TPSA) is 116 Å². The minimum atomic E-state index is -0.505. The molecule has 2 heterocycles. The van der Waals surface area contributed by atoms with E-state index in [4.69, 9.17) is 4.52 Å². The van der Waals surface area contributed by atoms with Gasteiger partial charge in [-0.1, -0.05) is 25.9 Å². The first-order chi connectivity index (χ1) is 12.3. The molecule has 0 aromatic carbocycles. The van der Waals surface area contributed by atoms with Crippen LogP contribution in [0.2, 0.25) is 0 Å². The Labute approximate surface area is 150 Å². The summed E-state index contributed by atoms with van der Waals surface area (Å²) in [7, 11) is 0. The van der Waals surface area contributed by atoms with E-state index >= 15 is 0 Å². The molecule has 1 N–H and O–H groups in total. The second-order valence-corrected chi connectivity index (χ2v) is 7.71. The van der Waals surface area contributed by atoms with Gasteiger partial charge < -0.3 is 9.84 Å². The first kappa shape index (κ1) is 18.1. The Bertz CT molecular complexity index is 817. The zero-order chi connectivity index (χ0) is 18.9. The van der Waals surface area contributed by atoms with Crippen molar-refractivity contribution in [2.24, 2.45) is 11.3 Å². The molecule has 1 aliphatic rings. The van der Waals surface area contributed by atoms with Crippen molar-refractivity contribution in [3.05, 3.63) is 39.5 Å². The van der Waals surface area contributed by atoms with Gasteiger partial charge in [-0.15, -0.1) is 0 Å². The van der Waals surface area contributed by atoms with E-state index in [1.165, 1.54) is 17.1 Å². The molecule has 9 nitrogen and oxygen atoms in total. The number of nitrogens with one attached hydrogen (secondary N) is 1. The van der Waals surface area contributed by atoms with Gasteiger partial charge in [0.25, 0.3) is 5.91 Å². The summed E-state index contributed by atoms with van der Waals surface area (Å²) in [5.74, 6) is 0.995. The van der Waals surface area contributed by atoms with Crippen LogP contribution in [-0.4, -0.2) is 32.3 Å². The standard InChI is InChI=1S/C17H23N5O4/c1-17(2,3)11-4-5-14-13(8-11)15(20-26-14)16(23)18-6-7-21-10-12(9-19-21)22(24)25/h9-11H,4-8H2,1-3H3,(H,18,23). The first-order valence-corrected chi connectivity index (χ1v) is 8.68. The normalized spacial score (nSPS) is 17.0. The van der Waals surface area contributed by atoms with Crippen LogP contribution in [0.1, 0.15) is 49.0 Å². The molecule has 2 aromatic heterocycles. The average Bonchev–Trinajstić information content (AvgIpc) is 3.20. The van der Waals surface area contributed by atoms with Gasteiger partial charge in [0, 0.05) is 18.5 Å². The lowest BCUT2D eigenvalue weighted by atomic mass is 9.71. The Kier molecular flexibility index (Phi) is 4.80. The zero-order valence-electron chi connectivity index (χ0n) is 15.2. The van der Waals surface area contributed by atoms with Crippen LogP contribution in [0.5, 0.6) is 0 Å². The molecule has 2 aromatic rings. The maximum atomic E-state index is 12.5. The fraction of sp³-hybridized carbons (Fsp3) is 0.588. The highest BCUT2D eigenvalue weighted by molar-refractivity contribution is 5.93. The Balaban J connectivity index is 1.61. The molecule has 9 heteroatoms. The minimum absolute atomic E-state index is 0.0740. The van der Waals surface area contributed by atoms with Crippen LogP contribution in [-0.2, 0) is 19.4 Å². The molecule has 0 saturated heterocycles. The van der Waals surface area contributed by atoms with Crippen molar-refractivity contribution < 1.29 is 14.2 Å². The van der Waals surface area contributed by atoms with Crippen molar-refractivity contribution in [2.45, 2.75) is 46.6 Å². The van der Waals surface area contributed by atoms with Gasteiger partial charge in [0.05, 0.1) is 11.5 Å². The molecule has 1 unspecified atom stereocenters. The fourth-order valence-corrected chi connectivity index (χ4v) is 3.26. The predicted molar refractivity (Wildman–Crippen MR) is 92.7 cm³/mol. The number of hydrogen-bond donors (Lipinski definition) is 1. The number of nitro groups is 1. The average molecular weight is 361 g/mol. The highest BCUT2D eigenvalue weighted by atomic mass is 16.6. The van der Waals surface area contributed by atoms with Crippen molar-refractivity contribution >= 4 is 11.6 Å². The summed E-state index contributed by atoms with van der Waals surface area (Å²) in [6, 6.07) is 0. The molecule has 0 radical (unpaired) electrons. The Morgan fingerprint density at radius 1 is 1.50 bits per heavy atom. The number of rotatable bonds is 5. The van der Waals surface area contributed by atoms with Crippen LogP contribution < -0.4 is 5.32 Å². The summed E-state index contributed by atoms with van der Waals surface area (Å²) in [6.45, 7) is 7.25. The number of carbonyl (C=O) groups excluding carboxylic acids is 1. The van der Waals surface area contributed by atoms with E-state index in [0.29, 0.717) is 24.7 Å². The number of carbonyl (C=O) groups is 1. The van der Waals surface area contributed by atoms with Crippen LogP contribution in [0.3, 0.4) is 0 Å². The van der Waals surface area contributed by atoms with Gasteiger partial charge in [-0.05, 0) is 24.2 Å². The molecular weight excluding hydrogens is 338 g/mol. The summed E-state index contributed by atoms with van der Waals surface area (Å²) in [5, 5.41) is 21.3. The Hall–Kier alpha value is -2.71. The lowest BCUT2D eigenvalue weighted by molar-refractivity contribution is -0.385. The highest BCUT2D eigenvalue weighted by Gasteiger charge is 2.34. The summed E-state index contributed by atoms with van der Waals surface area (Å²) in [6.07, 6.45) is 5.14. The third kappa shape index (κ3) is 3.76. The van der Waals surface area contributed by atoms with E-state index in [1.807, 2.05) is 0 Å². The molecule has 1 aliphatic carbocycles. The van der Waals surface area contributed by atoms with E-state index in [9.17, 15) is 14.9 Å². The molecule has 0 spiro atoms. The quantitative estimate of drug-likeness (QED) is 0.645. The molecule has 3 rings (SSSR count). The summed E-state index contributed by atoms with van der Waals surface area (Å²) in [4.78, 5) is 22.6. The molecular formula is C17H23N5O4. The van der Waals surface area contributed by atoms with Gasteiger partial charge in [0.15, 0.2) is 5.69 Å². The number of hydrogen-bond acceptors (Lipinski definition) is 6. The van der Waals surface area contributed by atoms with E-state index in [-0.39, 0.29) is 17.0 Å². The van der Waals surface area contributed by atoms with Gasteiger partial charge >= 0.3 is 5.69 Å². The molecule has 0 aliphatic heterocycles. The number of fused-ring (bicyclic) bond motifs is 1. The maximum Gasteiger partial charge on any atom is 0.306 e. The molecule has 1 atom stereocenters. The monoisotopic (exact) mass is 361 g/mol.